The van der Waals surface area contributed by atoms with Crippen LogP contribution in [0.4, 0.5) is 0 Å². The molecule has 0 fully saturated rings. The van der Waals surface area contributed by atoms with Crippen LogP contribution >= 0.6 is 22.6 Å². The Labute approximate surface area is 127 Å². The van der Waals surface area contributed by atoms with Gasteiger partial charge in [-0.05, 0) is 72.8 Å². The minimum Gasteiger partial charge on any atom is -0.492 e. The first kappa shape index (κ1) is 16.1. The van der Waals surface area contributed by atoms with E-state index >= 15 is 0 Å². The molecule has 0 radical (unpaired) electrons. The van der Waals surface area contributed by atoms with E-state index < -0.39 is 0 Å². The summed E-state index contributed by atoms with van der Waals surface area (Å²) in [5.74, 6) is 0.923. The zero-order chi connectivity index (χ0) is 14.1. The Bertz CT molecular complexity index is 444. The summed E-state index contributed by atoms with van der Waals surface area (Å²) in [6.07, 6.45) is 1.78. The van der Waals surface area contributed by atoms with Crippen molar-refractivity contribution in [3.63, 3.8) is 0 Å². The van der Waals surface area contributed by atoms with Crippen molar-refractivity contribution in [2.75, 3.05) is 33.8 Å². The Balaban J connectivity index is 2.45. The number of halogens is 1. The van der Waals surface area contributed by atoms with Crippen molar-refractivity contribution in [2.24, 2.45) is 5.11 Å². The lowest BCUT2D eigenvalue weighted by Gasteiger charge is -2.12. The van der Waals surface area contributed by atoms with Gasteiger partial charge in [-0.15, -0.1) is 0 Å². The predicted molar refractivity (Wildman–Crippen MR) is 85.5 cm³/mol. The summed E-state index contributed by atoms with van der Waals surface area (Å²) in [7, 11) is 4.12. The maximum Gasteiger partial charge on any atom is 0.132 e. The second kappa shape index (κ2) is 9.01. The van der Waals surface area contributed by atoms with Gasteiger partial charge in [0.25, 0.3) is 0 Å². The second-order valence-electron chi connectivity index (χ2n) is 4.47. The third-order valence-corrected chi connectivity index (χ3v) is 3.41. The third kappa shape index (κ3) is 6.66. The first-order valence-corrected chi connectivity index (χ1v) is 7.28. The SMILES string of the molecule is CN(C)CCCOc1ccc(CCN=[N+]=[N-])cc1I. The van der Waals surface area contributed by atoms with Gasteiger partial charge in [0, 0.05) is 18.0 Å². The molecular formula is C13H19IN4O. The third-order valence-electron chi connectivity index (χ3n) is 2.57. The Hall–Kier alpha value is -0.980. The molecule has 0 heterocycles. The lowest BCUT2D eigenvalue weighted by Crippen LogP contribution is -2.15. The highest BCUT2D eigenvalue weighted by Crippen LogP contribution is 2.22. The molecule has 5 nitrogen and oxygen atoms in total. The van der Waals surface area contributed by atoms with E-state index in [9.17, 15) is 0 Å². The number of nitrogens with zero attached hydrogens (tertiary/aromatic N) is 4. The summed E-state index contributed by atoms with van der Waals surface area (Å²) in [5, 5.41) is 3.54. The average Bonchev–Trinajstić information content (AvgIpc) is 2.36. The van der Waals surface area contributed by atoms with Crippen LogP contribution in [0.2, 0.25) is 0 Å². The van der Waals surface area contributed by atoms with Gasteiger partial charge in [0.2, 0.25) is 0 Å². The zero-order valence-corrected chi connectivity index (χ0v) is 13.5. The highest BCUT2D eigenvalue weighted by atomic mass is 127. The molecule has 6 heteroatoms. The van der Waals surface area contributed by atoms with Crippen LogP contribution in [0.5, 0.6) is 5.75 Å². The average molecular weight is 374 g/mol. The Morgan fingerprint density at radius 3 is 2.84 bits per heavy atom. The van der Waals surface area contributed by atoms with E-state index in [0.29, 0.717) is 6.54 Å². The number of hydrogen-bond donors (Lipinski definition) is 0. The molecule has 0 unspecified atom stereocenters. The molecule has 1 aromatic rings. The van der Waals surface area contributed by atoms with Crippen LogP contribution in [0.15, 0.2) is 23.3 Å². The van der Waals surface area contributed by atoms with Gasteiger partial charge in [-0.1, -0.05) is 11.2 Å². The fourth-order valence-electron chi connectivity index (χ4n) is 1.60. The van der Waals surface area contributed by atoms with Gasteiger partial charge in [0.15, 0.2) is 0 Å². The van der Waals surface area contributed by atoms with Crippen LogP contribution in [-0.2, 0) is 6.42 Å². The van der Waals surface area contributed by atoms with Crippen LogP contribution in [0.25, 0.3) is 10.4 Å². The van der Waals surface area contributed by atoms with Crippen molar-refractivity contribution in [3.8, 4) is 5.75 Å². The monoisotopic (exact) mass is 374 g/mol. The van der Waals surface area contributed by atoms with Crippen LogP contribution in [0.1, 0.15) is 12.0 Å². The molecule has 0 spiro atoms. The van der Waals surface area contributed by atoms with E-state index in [2.05, 4.69) is 57.7 Å². The van der Waals surface area contributed by atoms with E-state index in [1.807, 2.05) is 12.1 Å². The van der Waals surface area contributed by atoms with Crippen molar-refractivity contribution in [1.82, 2.24) is 4.90 Å². The number of azide groups is 1. The summed E-state index contributed by atoms with van der Waals surface area (Å²) < 4.78 is 6.85. The van der Waals surface area contributed by atoms with Crippen LogP contribution in [0.3, 0.4) is 0 Å². The van der Waals surface area contributed by atoms with Crippen molar-refractivity contribution in [3.05, 3.63) is 37.8 Å². The second-order valence-corrected chi connectivity index (χ2v) is 5.64. The number of hydrogen-bond acceptors (Lipinski definition) is 3. The molecule has 0 aliphatic heterocycles. The van der Waals surface area contributed by atoms with Crippen LogP contribution in [0, 0.1) is 3.57 Å². The molecular weight excluding hydrogens is 355 g/mol. The zero-order valence-electron chi connectivity index (χ0n) is 11.3. The van der Waals surface area contributed by atoms with Crippen LogP contribution < -0.4 is 4.74 Å². The van der Waals surface area contributed by atoms with E-state index in [1.165, 1.54) is 0 Å². The largest absolute Gasteiger partial charge is 0.492 e. The number of ether oxygens (including phenoxy) is 1. The molecule has 0 amide bonds. The van der Waals surface area contributed by atoms with Gasteiger partial charge >= 0.3 is 0 Å². The first-order valence-electron chi connectivity index (χ1n) is 6.20. The molecule has 0 saturated carbocycles. The molecule has 19 heavy (non-hydrogen) atoms. The van der Waals surface area contributed by atoms with Gasteiger partial charge in [-0.2, -0.15) is 0 Å². The van der Waals surface area contributed by atoms with Gasteiger partial charge in [-0.3, -0.25) is 0 Å². The normalized spacial score (nSPS) is 10.3. The Morgan fingerprint density at radius 1 is 1.42 bits per heavy atom. The lowest BCUT2D eigenvalue weighted by atomic mass is 10.1. The lowest BCUT2D eigenvalue weighted by molar-refractivity contribution is 0.280. The topological polar surface area (TPSA) is 61.2 Å². The standard InChI is InChI=1S/C13H19IN4O/c1-18(2)8-3-9-19-13-5-4-11(10-12(13)14)6-7-16-17-15/h4-5,10H,3,6-9H2,1-2H3. The fraction of sp³-hybridized carbons (Fsp3) is 0.538. The first-order chi connectivity index (χ1) is 9.13. The molecule has 0 aliphatic rings. The molecule has 1 rings (SSSR count). The molecule has 1 aromatic carbocycles. The summed E-state index contributed by atoms with van der Waals surface area (Å²) in [6.45, 7) is 2.25. The van der Waals surface area contributed by atoms with Crippen molar-refractivity contribution >= 4 is 22.6 Å². The van der Waals surface area contributed by atoms with Gasteiger partial charge in [0.1, 0.15) is 5.75 Å². The molecule has 0 N–H and O–H groups in total. The predicted octanol–water partition coefficient (Wildman–Crippen LogP) is 3.47. The van der Waals surface area contributed by atoms with E-state index in [0.717, 1.165) is 40.9 Å². The van der Waals surface area contributed by atoms with Crippen LogP contribution in [-0.4, -0.2) is 38.7 Å². The molecule has 0 bridgehead atoms. The van der Waals surface area contributed by atoms with E-state index in [-0.39, 0.29) is 0 Å². The summed E-state index contributed by atoms with van der Waals surface area (Å²) in [6, 6.07) is 6.09. The highest BCUT2D eigenvalue weighted by Gasteiger charge is 2.02. The maximum atomic E-state index is 8.24. The smallest absolute Gasteiger partial charge is 0.132 e. The molecule has 0 aromatic heterocycles. The summed E-state index contributed by atoms with van der Waals surface area (Å²) in [4.78, 5) is 4.90. The van der Waals surface area contributed by atoms with Crippen molar-refractivity contribution in [1.29, 1.82) is 0 Å². The molecule has 104 valence electrons. The number of benzene rings is 1. The van der Waals surface area contributed by atoms with E-state index in [1.54, 1.807) is 0 Å². The van der Waals surface area contributed by atoms with Gasteiger partial charge in [0.05, 0.1) is 10.2 Å². The van der Waals surface area contributed by atoms with E-state index in [4.69, 9.17) is 10.3 Å². The van der Waals surface area contributed by atoms with Gasteiger partial charge in [-0.25, -0.2) is 0 Å². The molecule has 0 atom stereocenters. The number of rotatable bonds is 8. The Morgan fingerprint density at radius 2 is 2.21 bits per heavy atom. The minimum absolute atomic E-state index is 0.496. The molecule has 0 aliphatic carbocycles. The highest BCUT2D eigenvalue weighted by molar-refractivity contribution is 14.1. The molecule has 0 saturated heterocycles. The quantitative estimate of drug-likeness (QED) is 0.230. The Kier molecular flexibility index (Phi) is 7.62. The van der Waals surface area contributed by atoms with Crippen molar-refractivity contribution < 1.29 is 4.74 Å². The van der Waals surface area contributed by atoms with Crippen molar-refractivity contribution in [2.45, 2.75) is 12.8 Å². The summed E-state index contributed by atoms with van der Waals surface area (Å²) in [5.41, 5.74) is 9.40. The van der Waals surface area contributed by atoms with Gasteiger partial charge < -0.3 is 9.64 Å². The summed E-state index contributed by atoms with van der Waals surface area (Å²) >= 11 is 2.27. The minimum atomic E-state index is 0.496. The fourth-order valence-corrected chi connectivity index (χ4v) is 2.34. The maximum absolute atomic E-state index is 8.24.